The van der Waals surface area contributed by atoms with Crippen LogP contribution < -0.4 is 5.32 Å². The first-order valence-electron chi connectivity index (χ1n) is 5.17. The number of nitrogens with zero attached hydrogens (tertiary/aromatic N) is 2. The number of aromatic nitrogens is 1. The Morgan fingerprint density at radius 3 is 2.86 bits per heavy atom. The Bertz CT molecular complexity index is 253. The smallest absolute Gasteiger partial charge is 0.0356 e. The molecule has 0 amide bonds. The van der Waals surface area contributed by atoms with Crippen molar-refractivity contribution >= 4 is 0 Å². The van der Waals surface area contributed by atoms with E-state index in [-0.39, 0.29) is 0 Å². The minimum atomic E-state index is 0.953. The largest absolute Gasteiger partial charge is 0.350 e. The van der Waals surface area contributed by atoms with Crippen molar-refractivity contribution in [2.75, 3.05) is 27.7 Å². The molecule has 0 saturated heterocycles. The maximum Gasteiger partial charge on any atom is 0.0356 e. The molecule has 3 heteroatoms. The molecule has 1 heterocycles. The van der Waals surface area contributed by atoms with Gasteiger partial charge in [0.05, 0.1) is 0 Å². The molecule has 0 saturated carbocycles. The molecule has 14 heavy (non-hydrogen) atoms. The minimum absolute atomic E-state index is 0.953. The van der Waals surface area contributed by atoms with Crippen molar-refractivity contribution in [2.24, 2.45) is 0 Å². The number of nitrogens with one attached hydrogen (secondary N) is 1. The molecule has 0 unspecified atom stereocenters. The van der Waals surface area contributed by atoms with Gasteiger partial charge in [-0.15, -0.1) is 0 Å². The summed E-state index contributed by atoms with van der Waals surface area (Å²) < 4.78 is 2.32. The van der Waals surface area contributed by atoms with E-state index in [1.165, 1.54) is 12.1 Å². The van der Waals surface area contributed by atoms with E-state index in [2.05, 4.69) is 47.2 Å². The first-order chi connectivity index (χ1) is 6.74. The van der Waals surface area contributed by atoms with Gasteiger partial charge in [0, 0.05) is 25.0 Å². The van der Waals surface area contributed by atoms with Gasteiger partial charge in [-0.2, -0.15) is 0 Å². The van der Waals surface area contributed by atoms with Crippen LogP contribution in [0.25, 0.3) is 0 Å². The lowest BCUT2D eigenvalue weighted by molar-refractivity contribution is 0.385. The summed E-state index contributed by atoms with van der Waals surface area (Å²) >= 11 is 0. The van der Waals surface area contributed by atoms with E-state index < -0.39 is 0 Å². The summed E-state index contributed by atoms with van der Waals surface area (Å²) in [6.07, 6.45) is 3.36. The fourth-order valence-corrected chi connectivity index (χ4v) is 1.57. The number of rotatable bonds is 6. The molecule has 0 fully saturated rings. The SMILES string of the molecule is CNCc1cccn1CCCN(C)C. The normalized spacial score (nSPS) is 11.1. The van der Waals surface area contributed by atoms with Crippen LogP contribution >= 0.6 is 0 Å². The zero-order chi connectivity index (χ0) is 10.4. The van der Waals surface area contributed by atoms with Crippen molar-refractivity contribution in [1.82, 2.24) is 14.8 Å². The molecule has 0 aliphatic rings. The molecular formula is C11H21N3. The standard InChI is InChI=1S/C11H21N3/c1-12-10-11-6-4-8-14(11)9-5-7-13(2)3/h4,6,8,12H,5,7,9-10H2,1-3H3. The summed E-state index contributed by atoms with van der Waals surface area (Å²) in [6.45, 7) is 3.22. The van der Waals surface area contributed by atoms with E-state index in [1.54, 1.807) is 0 Å². The van der Waals surface area contributed by atoms with Crippen LogP contribution in [0.1, 0.15) is 12.1 Å². The average molecular weight is 195 g/mol. The fraction of sp³-hybridized carbons (Fsp3) is 0.636. The molecule has 1 aromatic heterocycles. The monoisotopic (exact) mass is 195 g/mol. The summed E-state index contributed by atoms with van der Waals surface area (Å²) in [5.41, 5.74) is 1.37. The molecule has 80 valence electrons. The van der Waals surface area contributed by atoms with E-state index in [1.807, 2.05) is 7.05 Å². The van der Waals surface area contributed by atoms with Crippen molar-refractivity contribution in [2.45, 2.75) is 19.5 Å². The molecule has 0 aliphatic heterocycles. The van der Waals surface area contributed by atoms with Gasteiger partial charge in [0.2, 0.25) is 0 Å². The van der Waals surface area contributed by atoms with Crippen molar-refractivity contribution in [1.29, 1.82) is 0 Å². The van der Waals surface area contributed by atoms with Gasteiger partial charge < -0.3 is 14.8 Å². The van der Waals surface area contributed by atoms with Crippen molar-refractivity contribution in [3.8, 4) is 0 Å². The van der Waals surface area contributed by atoms with Gasteiger partial charge in [-0.05, 0) is 46.2 Å². The van der Waals surface area contributed by atoms with E-state index in [4.69, 9.17) is 0 Å². The van der Waals surface area contributed by atoms with Crippen LogP contribution in [0.15, 0.2) is 18.3 Å². The maximum atomic E-state index is 3.18. The van der Waals surface area contributed by atoms with E-state index in [0.717, 1.165) is 19.6 Å². The van der Waals surface area contributed by atoms with Gasteiger partial charge in [-0.25, -0.2) is 0 Å². The lowest BCUT2D eigenvalue weighted by Gasteiger charge is -2.12. The Hall–Kier alpha value is -0.800. The molecule has 0 atom stereocenters. The zero-order valence-electron chi connectivity index (χ0n) is 9.45. The molecule has 0 aliphatic carbocycles. The Morgan fingerprint density at radius 2 is 2.21 bits per heavy atom. The predicted octanol–water partition coefficient (Wildman–Crippen LogP) is 1.16. The minimum Gasteiger partial charge on any atom is -0.350 e. The molecule has 0 spiro atoms. The van der Waals surface area contributed by atoms with Gasteiger partial charge in [0.1, 0.15) is 0 Å². The molecule has 3 nitrogen and oxygen atoms in total. The summed E-state index contributed by atoms with van der Waals surface area (Å²) in [7, 11) is 6.21. The molecule has 0 aromatic carbocycles. The molecule has 1 rings (SSSR count). The maximum absolute atomic E-state index is 3.18. The topological polar surface area (TPSA) is 20.2 Å². The Balaban J connectivity index is 2.37. The number of hydrogen-bond acceptors (Lipinski definition) is 2. The van der Waals surface area contributed by atoms with Crippen LogP contribution in [-0.4, -0.2) is 37.2 Å². The van der Waals surface area contributed by atoms with Gasteiger partial charge in [-0.3, -0.25) is 0 Å². The van der Waals surface area contributed by atoms with Gasteiger partial charge in [0.15, 0.2) is 0 Å². The molecule has 1 aromatic rings. The van der Waals surface area contributed by atoms with Crippen molar-refractivity contribution in [3.05, 3.63) is 24.0 Å². The van der Waals surface area contributed by atoms with Crippen LogP contribution in [0.4, 0.5) is 0 Å². The van der Waals surface area contributed by atoms with E-state index >= 15 is 0 Å². The van der Waals surface area contributed by atoms with Crippen molar-refractivity contribution in [3.63, 3.8) is 0 Å². The predicted molar refractivity (Wildman–Crippen MR) is 60.4 cm³/mol. The first-order valence-corrected chi connectivity index (χ1v) is 5.17. The van der Waals surface area contributed by atoms with E-state index in [0.29, 0.717) is 0 Å². The lowest BCUT2D eigenvalue weighted by Crippen LogP contribution is -2.16. The highest BCUT2D eigenvalue weighted by atomic mass is 15.1. The van der Waals surface area contributed by atoms with Crippen LogP contribution in [0.2, 0.25) is 0 Å². The summed E-state index contributed by atoms with van der Waals surface area (Å²) in [4.78, 5) is 2.22. The van der Waals surface area contributed by atoms with Crippen LogP contribution in [0.3, 0.4) is 0 Å². The highest BCUT2D eigenvalue weighted by molar-refractivity contribution is 5.06. The number of aryl methyl sites for hydroxylation is 1. The third kappa shape index (κ3) is 3.52. The van der Waals surface area contributed by atoms with Gasteiger partial charge in [-0.1, -0.05) is 0 Å². The molecular weight excluding hydrogens is 174 g/mol. The number of hydrogen-bond donors (Lipinski definition) is 1. The molecule has 1 N–H and O–H groups in total. The summed E-state index contributed by atoms with van der Waals surface area (Å²) in [6, 6.07) is 4.29. The van der Waals surface area contributed by atoms with Crippen molar-refractivity contribution < 1.29 is 0 Å². The first kappa shape index (κ1) is 11.3. The second-order valence-corrected chi connectivity index (χ2v) is 3.88. The molecule has 0 bridgehead atoms. The Morgan fingerprint density at radius 1 is 1.43 bits per heavy atom. The summed E-state index contributed by atoms with van der Waals surface area (Å²) in [5.74, 6) is 0. The second-order valence-electron chi connectivity index (χ2n) is 3.88. The second kappa shape index (κ2) is 5.83. The Kier molecular flexibility index (Phi) is 4.70. The lowest BCUT2D eigenvalue weighted by atomic mass is 10.3. The molecule has 0 radical (unpaired) electrons. The quantitative estimate of drug-likeness (QED) is 0.735. The highest BCUT2D eigenvalue weighted by Crippen LogP contribution is 2.03. The highest BCUT2D eigenvalue weighted by Gasteiger charge is 1.99. The van der Waals surface area contributed by atoms with E-state index in [9.17, 15) is 0 Å². The Labute approximate surface area is 86.7 Å². The van der Waals surface area contributed by atoms with Gasteiger partial charge >= 0.3 is 0 Å². The van der Waals surface area contributed by atoms with Gasteiger partial charge in [0.25, 0.3) is 0 Å². The van der Waals surface area contributed by atoms with Crippen LogP contribution in [0.5, 0.6) is 0 Å². The third-order valence-electron chi connectivity index (χ3n) is 2.29. The third-order valence-corrected chi connectivity index (χ3v) is 2.29. The van der Waals surface area contributed by atoms with Crippen LogP contribution in [0, 0.1) is 0 Å². The van der Waals surface area contributed by atoms with Crippen LogP contribution in [-0.2, 0) is 13.1 Å². The fourth-order valence-electron chi connectivity index (χ4n) is 1.57. The average Bonchev–Trinajstić information content (AvgIpc) is 2.53. The zero-order valence-corrected chi connectivity index (χ0v) is 9.45. The summed E-state index contributed by atoms with van der Waals surface area (Å²) in [5, 5.41) is 3.18.